The number of rotatable bonds is 10. The quantitative estimate of drug-likeness (QED) is 0.548. The Balaban J connectivity index is 2.42. The van der Waals surface area contributed by atoms with Crippen molar-refractivity contribution < 1.29 is 26.8 Å². The molecule has 1 N–H and O–H groups in total. The van der Waals surface area contributed by atoms with Gasteiger partial charge in [-0.25, -0.2) is 17.2 Å². The van der Waals surface area contributed by atoms with E-state index in [1.165, 1.54) is 4.90 Å². The van der Waals surface area contributed by atoms with E-state index in [0.29, 0.717) is 16.8 Å². The van der Waals surface area contributed by atoms with Crippen LogP contribution in [0, 0.1) is 18.6 Å². The first-order valence-electron chi connectivity index (χ1n) is 10.9. The lowest BCUT2D eigenvalue weighted by molar-refractivity contribution is -0.139. The van der Waals surface area contributed by atoms with Crippen molar-refractivity contribution in [1.29, 1.82) is 0 Å². The van der Waals surface area contributed by atoms with Gasteiger partial charge in [-0.1, -0.05) is 31.2 Å². The van der Waals surface area contributed by atoms with E-state index in [9.17, 15) is 26.8 Å². The summed E-state index contributed by atoms with van der Waals surface area (Å²) in [6.45, 7) is 6.57. The van der Waals surface area contributed by atoms with Crippen LogP contribution in [-0.2, 0) is 26.2 Å². The molecule has 0 aliphatic carbocycles. The molecule has 34 heavy (non-hydrogen) atoms. The Bertz CT molecular complexity index is 1140. The summed E-state index contributed by atoms with van der Waals surface area (Å²) in [6.07, 6.45) is 1.56. The molecule has 0 bridgehead atoms. The van der Waals surface area contributed by atoms with Gasteiger partial charge in [0.05, 0.1) is 11.9 Å². The lowest BCUT2D eigenvalue weighted by atomic mass is 10.1. The summed E-state index contributed by atoms with van der Waals surface area (Å²) < 4.78 is 52.8. The van der Waals surface area contributed by atoms with Gasteiger partial charge in [0.1, 0.15) is 12.6 Å². The van der Waals surface area contributed by atoms with Crippen LogP contribution in [0.5, 0.6) is 0 Å². The highest BCUT2D eigenvalue weighted by atomic mass is 32.2. The monoisotopic (exact) mass is 495 g/mol. The first-order chi connectivity index (χ1) is 15.8. The van der Waals surface area contributed by atoms with Crippen molar-refractivity contribution in [2.24, 2.45) is 0 Å². The van der Waals surface area contributed by atoms with Gasteiger partial charge in [-0.15, -0.1) is 0 Å². The Morgan fingerprint density at radius 3 is 2.26 bits per heavy atom. The van der Waals surface area contributed by atoms with Crippen LogP contribution in [0.3, 0.4) is 0 Å². The first-order valence-corrected chi connectivity index (χ1v) is 12.8. The number of hydrogen-bond donors (Lipinski definition) is 1. The van der Waals surface area contributed by atoms with Crippen LogP contribution in [0.1, 0.15) is 38.3 Å². The number of nitrogens with one attached hydrogen (secondary N) is 1. The Morgan fingerprint density at radius 2 is 1.71 bits per heavy atom. The molecule has 2 rings (SSSR count). The Labute approximate surface area is 199 Å². The lowest BCUT2D eigenvalue weighted by Crippen LogP contribution is -2.52. The summed E-state index contributed by atoms with van der Waals surface area (Å²) in [6, 6.07) is 8.90. The molecule has 0 aromatic heterocycles. The molecule has 0 heterocycles. The van der Waals surface area contributed by atoms with Gasteiger partial charge in [-0.3, -0.25) is 13.9 Å². The standard InChI is InChI=1S/C24H31F2N3O4S/c1-6-17(3)27-24(31)18(4)28(14-19-10-8-7-9-16(19)2)23(30)15-29(34(5,32)33)20-11-12-21(25)22(26)13-20/h7-13,17-18H,6,14-15H2,1-5H3,(H,27,31)/t17-,18+/m1/s1. The van der Waals surface area contributed by atoms with E-state index in [0.717, 1.165) is 29.5 Å². The van der Waals surface area contributed by atoms with Crippen molar-refractivity contribution in [2.45, 2.75) is 52.7 Å². The van der Waals surface area contributed by atoms with Gasteiger partial charge >= 0.3 is 0 Å². The minimum Gasteiger partial charge on any atom is -0.352 e. The zero-order valence-electron chi connectivity index (χ0n) is 20.0. The summed E-state index contributed by atoms with van der Waals surface area (Å²) >= 11 is 0. The number of carbonyl (C=O) groups excluding carboxylic acids is 2. The molecule has 186 valence electrons. The molecule has 0 saturated heterocycles. The highest BCUT2D eigenvalue weighted by Crippen LogP contribution is 2.22. The van der Waals surface area contributed by atoms with Crippen LogP contribution in [0.4, 0.5) is 14.5 Å². The Hall–Kier alpha value is -3.01. The van der Waals surface area contributed by atoms with Crippen molar-refractivity contribution in [3.8, 4) is 0 Å². The molecule has 0 radical (unpaired) electrons. The van der Waals surface area contributed by atoms with Crippen molar-refractivity contribution in [3.63, 3.8) is 0 Å². The highest BCUT2D eigenvalue weighted by molar-refractivity contribution is 7.92. The van der Waals surface area contributed by atoms with E-state index in [4.69, 9.17) is 0 Å². The van der Waals surface area contributed by atoms with Crippen LogP contribution >= 0.6 is 0 Å². The first kappa shape index (κ1) is 27.2. The summed E-state index contributed by atoms with van der Waals surface area (Å²) in [5.74, 6) is -3.42. The Morgan fingerprint density at radius 1 is 1.06 bits per heavy atom. The molecule has 2 aromatic carbocycles. The van der Waals surface area contributed by atoms with Crippen molar-refractivity contribution in [3.05, 3.63) is 65.2 Å². The van der Waals surface area contributed by atoms with Crippen molar-refractivity contribution in [2.75, 3.05) is 17.1 Å². The second kappa shape index (κ2) is 11.4. The van der Waals surface area contributed by atoms with Gasteiger partial charge in [-0.05, 0) is 50.5 Å². The van der Waals surface area contributed by atoms with Gasteiger partial charge in [-0.2, -0.15) is 0 Å². The maximum atomic E-state index is 13.8. The molecule has 2 aromatic rings. The summed E-state index contributed by atoms with van der Waals surface area (Å²) in [5, 5.41) is 2.84. The minimum atomic E-state index is -4.03. The fraction of sp³-hybridized carbons (Fsp3) is 0.417. The predicted octanol–water partition coefficient (Wildman–Crippen LogP) is 3.37. The van der Waals surface area contributed by atoms with Crippen LogP contribution in [-0.4, -0.2) is 50.0 Å². The van der Waals surface area contributed by atoms with Gasteiger partial charge in [0.25, 0.3) is 0 Å². The number of aryl methyl sites for hydroxylation is 1. The molecular weight excluding hydrogens is 464 g/mol. The SMILES string of the molecule is CC[C@@H](C)NC(=O)[C@H](C)N(Cc1ccccc1C)C(=O)CN(c1ccc(F)c(F)c1)S(C)(=O)=O. The topological polar surface area (TPSA) is 86.8 Å². The van der Waals surface area contributed by atoms with Gasteiger partial charge in [0, 0.05) is 18.7 Å². The van der Waals surface area contributed by atoms with E-state index in [1.807, 2.05) is 39.0 Å². The van der Waals surface area contributed by atoms with E-state index in [-0.39, 0.29) is 24.2 Å². The van der Waals surface area contributed by atoms with E-state index >= 15 is 0 Å². The third kappa shape index (κ3) is 6.99. The van der Waals surface area contributed by atoms with Crippen LogP contribution in [0.25, 0.3) is 0 Å². The van der Waals surface area contributed by atoms with Gasteiger partial charge in [0.2, 0.25) is 21.8 Å². The fourth-order valence-corrected chi connectivity index (χ4v) is 4.11. The predicted molar refractivity (Wildman–Crippen MR) is 128 cm³/mol. The number of amides is 2. The average molecular weight is 496 g/mol. The summed E-state index contributed by atoms with van der Waals surface area (Å²) in [7, 11) is -4.03. The molecular formula is C24H31F2N3O4S. The molecule has 2 atom stereocenters. The fourth-order valence-electron chi connectivity index (χ4n) is 3.27. The molecule has 0 aliphatic heterocycles. The molecule has 0 spiro atoms. The zero-order chi connectivity index (χ0) is 25.6. The van der Waals surface area contributed by atoms with Crippen molar-refractivity contribution in [1.82, 2.24) is 10.2 Å². The molecule has 10 heteroatoms. The number of carbonyl (C=O) groups is 2. The smallest absolute Gasteiger partial charge is 0.244 e. The minimum absolute atomic E-state index is 0.0655. The maximum Gasteiger partial charge on any atom is 0.244 e. The zero-order valence-corrected chi connectivity index (χ0v) is 20.8. The van der Waals surface area contributed by atoms with Crippen LogP contribution < -0.4 is 9.62 Å². The summed E-state index contributed by atoms with van der Waals surface area (Å²) in [4.78, 5) is 27.5. The number of benzene rings is 2. The normalized spacial score (nSPS) is 13.1. The second-order valence-electron chi connectivity index (χ2n) is 8.31. The number of nitrogens with zero attached hydrogens (tertiary/aromatic N) is 2. The summed E-state index contributed by atoms with van der Waals surface area (Å²) in [5.41, 5.74) is 1.50. The largest absolute Gasteiger partial charge is 0.352 e. The molecule has 0 fully saturated rings. The Kier molecular flexibility index (Phi) is 9.14. The van der Waals surface area contributed by atoms with Gasteiger partial charge in [0.15, 0.2) is 11.6 Å². The van der Waals surface area contributed by atoms with Crippen molar-refractivity contribution >= 4 is 27.5 Å². The van der Waals surface area contributed by atoms with Crippen LogP contribution in [0.2, 0.25) is 0 Å². The molecule has 2 amide bonds. The molecule has 0 aliphatic rings. The molecule has 0 unspecified atom stereocenters. The number of halogens is 2. The number of sulfonamides is 1. The lowest BCUT2D eigenvalue weighted by Gasteiger charge is -2.32. The van der Waals surface area contributed by atoms with E-state index in [2.05, 4.69) is 5.32 Å². The third-order valence-electron chi connectivity index (χ3n) is 5.64. The van der Waals surface area contributed by atoms with E-state index < -0.39 is 40.2 Å². The molecule has 0 saturated carbocycles. The van der Waals surface area contributed by atoms with Gasteiger partial charge < -0.3 is 10.2 Å². The average Bonchev–Trinajstić information content (AvgIpc) is 2.77. The maximum absolute atomic E-state index is 13.8. The number of hydrogen-bond acceptors (Lipinski definition) is 4. The third-order valence-corrected chi connectivity index (χ3v) is 6.78. The van der Waals surface area contributed by atoms with Crippen LogP contribution in [0.15, 0.2) is 42.5 Å². The molecule has 7 nitrogen and oxygen atoms in total. The number of anilines is 1. The second-order valence-corrected chi connectivity index (χ2v) is 10.2. The highest BCUT2D eigenvalue weighted by Gasteiger charge is 2.31. The van der Waals surface area contributed by atoms with E-state index in [1.54, 1.807) is 13.0 Å².